The standard InChI is InChI=1S/C24H39N3O3/c1-6-14-26(15-21(28)18-29-17-19(4)5)16-22-23(20-12-10-9-11-13-20)25-30-24(22)27(7-2)8-3/h9-13,19,21,28H,6-8,14-18H2,1-5H3. The Bertz CT molecular complexity index is 714. The largest absolute Gasteiger partial charge is 0.389 e. The maximum Gasteiger partial charge on any atom is 0.232 e. The van der Waals surface area contributed by atoms with Crippen LogP contribution in [-0.4, -0.2) is 60.7 Å². The zero-order valence-corrected chi connectivity index (χ0v) is 19.3. The number of rotatable bonds is 14. The summed E-state index contributed by atoms with van der Waals surface area (Å²) >= 11 is 0. The van der Waals surface area contributed by atoms with Crippen molar-refractivity contribution in [1.29, 1.82) is 0 Å². The number of nitrogens with zero attached hydrogens (tertiary/aromatic N) is 3. The van der Waals surface area contributed by atoms with Crippen molar-refractivity contribution >= 4 is 5.88 Å². The average molecular weight is 418 g/mol. The molecular formula is C24H39N3O3. The predicted octanol–water partition coefficient (Wildman–Crippen LogP) is 4.43. The number of aliphatic hydroxyl groups is 1. The lowest BCUT2D eigenvalue weighted by atomic mass is 10.1. The summed E-state index contributed by atoms with van der Waals surface area (Å²) in [6.07, 6.45) is 0.485. The van der Waals surface area contributed by atoms with Crippen molar-refractivity contribution in [2.24, 2.45) is 5.92 Å². The van der Waals surface area contributed by atoms with Crippen LogP contribution in [0.25, 0.3) is 11.3 Å². The third-order valence-corrected chi connectivity index (χ3v) is 5.02. The molecule has 6 heteroatoms. The highest BCUT2D eigenvalue weighted by Crippen LogP contribution is 2.32. The molecule has 0 aliphatic carbocycles. The molecule has 2 rings (SSSR count). The molecule has 1 N–H and O–H groups in total. The third-order valence-electron chi connectivity index (χ3n) is 5.02. The van der Waals surface area contributed by atoms with Crippen molar-refractivity contribution in [3.05, 3.63) is 35.9 Å². The fraction of sp³-hybridized carbons (Fsp3) is 0.625. The van der Waals surface area contributed by atoms with E-state index in [9.17, 15) is 5.11 Å². The van der Waals surface area contributed by atoms with Crippen LogP contribution in [0.3, 0.4) is 0 Å². The van der Waals surface area contributed by atoms with Gasteiger partial charge >= 0.3 is 0 Å². The monoisotopic (exact) mass is 417 g/mol. The molecule has 0 aliphatic heterocycles. The number of aliphatic hydroxyl groups excluding tert-OH is 1. The SMILES string of the molecule is CCCN(Cc1c(-c2ccccc2)noc1N(CC)CC)CC(O)COCC(C)C. The van der Waals surface area contributed by atoms with Gasteiger partial charge in [0.05, 0.1) is 18.3 Å². The van der Waals surface area contributed by atoms with Crippen molar-refractivity contribution in [3.63, 3.8) is 0 Å². The molecule has 0 saturated carbocycles. The Morgan fingerprint density at radius 2 is 1.77 bits per heavy atom. The van der Waals surface area contributed by atoms with Gasteiger partial charge in [-0.3, -0.25) is 4.90 Å². The fourth-order valence-corrected chi connectivity index (χ4v) is 3.59. The van der Waals surface area contributed by atoms with Crippen LogP contribution < -0.4 is 4.90 Å². The van der Waals surface area contributed by atoms with E-state index in [1.54, 1.807) is 0 Å². The van der Waals surface area contributed by atoms with Crippen molar-refractivity contribution < 1.29 is 14.4 Å². The summed E-state index contributed by atoms with van der Waals surface area (Å²) < 4.78 is 11.5. The second-order valence-corrected chi connectivity index (χ2v) is 8.17. The lowest BCUT2D eigenvalue weighted by Crippen LogP contribution is -2.36. The Morgan fingerprint density at radius 1 is 1.07 bits per heavy atom. The summed E-state index contributed by atoms with van der Waals surface area (Å²) in [5, 5.41) is 15.0. The smallest absolute Gasteiger partial charge is 0.232 e. The highest BCUT2D eigenvalue weighted by atomic mass is 16.5. The number of hydrogen-bond acceptors (Lipinski definition) is 6. The summed E-state index contributed by atoms with van der Waals surface area (Å²) in [6, 6.07) is 10.2. The first-order valence-corrected chi connectivity index (χ1v) is 11.3. The summed E-state index contributed by atoms with van der Waals surface area (Å²) in [5.41, 5.74) is 3.00. The highest BCUT2D eigenvalue weighted by Gasteiger charge is 2.24. The molecule has 1 unspecified atom stereocenters. The molecule has 0 radical (unpaired) electrons. The maximum absolute atomic E-state index is 10.5. The number of anilines is 1. The van der Waals surface area contributed by atoms with Gasteiger partial charge in [0.1, 0.15) is 5.69 Å². The Labute approximate surface area is 181 Å². The van der Waals surface area contributed by atoms with Gasteiger partial charge in [0, 0.05) is 38.3 Å². The molecule has 0 spiro atoms. The van der Waals surface area contributed by atoms with Gasteiger partial charge in [-0.25, -0.2) is 0 Å². The minimum atomic E-state index is -0.521. The number of aromatic nitrogens is 1. The van der Waals surface area contributed by atoms with Gasteiger partial charge in [0.15, 0.2) is 0 Å². The average Bonchev–Trinajstić information content (AvgIpc) is 3.13. The van der Waals surface area contributed by atoms with Crippen LogP contribution in [0.15, 0.2) is 34.9 Å². The van der Waals surface area contributed by atoms with Gasteiger partial charge in [-0.1, -0.05) is 56.3 Å². The van der Waals surface area contributed by atoms with Crippen LogP contribution in [0.4, 0.5) is 5.88 Å². The zero-order chi connectivity index (χ0) is 21.9. The normalized spacial score (nSPS) is 12.7. The van der Waals surface area contributed by atoms with Crippen LogP contribution in [-0.2, 0) is 11.3 Å². The molecule has 0 saturated heterocycles. The molecule has 30 heavy (non-hydrogen) atoms. The van der Waals surface area contributed by atoms with Crippen LogP contribution in [0.5, 0.6) is 0 Å². The summed E-state index contributed by atoms with van der Waals surface area (Å²) in [7, 11) is 0. The molecule has 1 aromatic carbocycles. The van der Waals surface area contributed by atoms with E-state index in [0.29, 0.717) is 32.2 Å². The molecule has 1 heterocycles. The minimum Gasteiger partial charge on any atom is -0.389 e. The molecule has 1 aromatic heterocycles. The predicted molar refractivity (Wildman–Crippen MR) is 123 cm³/mol. The molecule has 168 valence electrons. The second-order valence-electron chi connectivity index (χ2n) is 8.17. The first-order chi connectivity index (χ1) is 14.5. The van der Waals surface area contributed by atoms with Crippen LogP contribution in [0, 0.1) is 5.92 Å². The lowest BCUT2D eigenvalue weighted by Gasteiger charge is -2.26. The Morgan fingerprint density at radius 3 is 2.37 bits per heavy atom. The Hall–Kier alpha value is -1.89. The molecule has 0 bridgehead atoms. The molecule has 0 amide bonds. The van der Waals surface area contributed by atoms with E-state index < -0.39 is 6.10 Å². The number of ether oxygens (including phenoxy) is 1. The number of benzene rings is 1. The first-order valence-electron chi connectivity index (χ1n) is 11.3. The van der Waals surface area contributed by atoms with E-state index in [1.807, 2.05) is 18.2 Å². The van der Waals surface area contributed by atoms with Gasteiger partial charge in [-0.15, -0.1) is 0 Å². The second kappa shape index (κ2) is 12.7. The highest BCUT2D eigenvalue weighted by molar-refractivity contribution is 5.68. The molecule has 2 aromatic rings. The summed E-state index contributed by atoms with van der Waals surface area (Å²) in [5.74, 6) is 1.29. The van der Waals surface area contributed by atoms with Gasteiger partial charge in [0.2, 0.25) is 5.88 Å². The first kappa shape index (κ1) is 24.4. The number of hydrogen-bond donors (Lipinski definition) is 1. The molecule has 0 aliphatic rings. The summed E-state index contributed by atoms with van der Waals surface area (Å²) in [4.78, 5) is 4.47. The van der Waals surface area contributed by atoms with E-state index in [2.05, 4.69) is 61.7 Å². The van der Waals surface area contributed by atoms with Crippen LogP contribution >= 0.6 is 0 Å². The summed E-state index contributed by atoms with van der Waals surface area (Å²) in [6.45, 7) is 15.5. The molecule has 0 fully saturated rings. The van der Waals surface area contributed by atoms with Crippen LogP contribution in [0.1, 0.15) is 46.6 Å². The van der Waals surface area contributed by atoms with Crippen molar-refractivity contribution in [1.82, 2.24) is 10.1 Å². The van der Waals surface area contributed by atoms with Gasteiger partial charge in [-0.2, -0.15) is 0 Å². The molecular weight excluding hydrogens is 378 g/mol. The van der Waals surface area contributed by atoms with Crippen LogP contribution in [0.2, 0.25) is 0 Å². The fourth-order valence-electron chi connectivity index (χ4n) is 3.59. The maximum atomic E-state index is 10.5. The van der Waals surface area contributed by atoms with Crippen molar-refractivity contribution in [2.45, 2.75) is 53.7 Å². The van der Waals surface area contributed by atoms with E-state index >= 15 is 0 Å². The van der Waals surface area contributed by atoms with E-state index in [-0.39, 0.29) is 0 Å². The van der Waals surface area contributed by atoms with E-state index in [4.69, 9.17) is 9.26 Å². The minimum absolute atomic E-state index is 0.358. The Kier molecular flexibility index (Phi) is 10.3. The Balaban J connectivity index is 2.23. The lowest BCUT2D eigenvalue weighted by molar-refractivity contribution is 0.00693. The van der Waals surface area contributed by atoms with Gasteiger partial charge < -0.3 is 19.3 Å². The molecule has 6 nitrogen and oxygen atoms in total. The zero-order valence-electron chi connectivity index (χ0n) is 19.3. The van der Waals surface area contributed by atoms with Crippen molar-refractivity contribution in [2.75, 3.05) is 44.3 Å². The van der Waals surface area contributed by atoms with E-state index in [0.717, 1.165) is 48.8 Å². The van der Waals surface area contributed by atoms with Gasteiger partial charge in [0.25, 0.3) is 0 Å². The van der Waals surface area contributed by atoms with Gasteiger partial charge in [-0.05, 0) is 32.7 Å². The topological polar surface area (TPSA) is 62.0 Å². The van der Waals surface area contributed by atoms with E-state index in [1.165, 1.54) is 0 Å². The quantitative estimate of drug-likeness (QED) is 0.490. The molecule has 1 atom stereocenters. The third kappa shape index (κ3) is 7.11. The van der Waals surface area contributed by atoms with Crippen molar-refractivity contribution in [3.8, 4) is 11.3 Å².